The minimum atomic E-state index is 0.232. The average Bonchev–Trinajstić information content (AvgIpc) is 2.17. The average molecular weight is 193 g/mol. The number of allylic oxidation sites excluding steroid dienone is 4. The van der Waals surface area contributed by atoms with Gasteiger partial charge in [0.2, 0.25) is 0 Å². The van der Waals surface area contributed by atoms with Crippen LogP contribution in [0.4, 0.5) is 0 Å². The predicted octanol–water partition coefficient (Wildman–Crippen LogP) is 2.24. The summed E-state index contributed by atoms with van der Waals surface area (Å²) in [5.74, 6) is 0.232. The van der Waals surface area contributed by atoms with Crippen molar-refractivity contribution in [1.82, 2.24) is 0 Å². The molecule has 0 atom stereocenters. The number of nitrogens with zero attached hydrogens (tertiary/aromatic N) is 1. The molecule has 0 aromatic carbocycles. The first-order valence-electron chi connectivity index (χ1n) is 4.69. The lowest BCUT2D eigenvalue weighted by Crippen LogP contribution is -1.99. The van der Waals surface area contributed by atoms with E-state index in [0.717, 1.165) is 18.6 Å². The first-order chi connectivity index (χ1) is 6.72. The van der Waals surface area contributed by atoms with E-state index in [-0.39, 0.29) is 5.78 Å². The van der Waals surface area contributed by atoms with Crippen molar-refractivity contribution < 1.29 is 9.63 Å². The number of carbonyl (C=O) groups is 1. The molecular formula is C11H15NO2. The van der Waals surface area contributed by atoms with Crippen LogP contribution in [0.3, 0.4) is 0 Å². The maximum Gasteiger partial charge on any atom is 0.130 e. The normalized spacial score (nSPS) is 18.1. The van der Waals surface area contributed by atoms with Crippen LogP contribution >= 0.6 is 0 Å². The minimum absolute atomic E-state index is 0.232. The smallest absolute Gasteiger partial charge is 0.130 e. The van der Waals surface area contributed by atoms with Crippen molar-refractivity contribution in [3.8, 4) is 0 Å². The van der Waals surface area contributed by atoms with Crippen molar-refractivity contribution >= 4 is 11.5 Å². The molecule has 14 heavy (non-hydrogen) atoms. The monoisotopic (exact) mass is 193 g/mol. The number of hydrogen-bond acceptors (Lipinski definition) is 3. The summed E-state index contributed by atoms with van der Waals surface area (Å²) in [5, 5.41) is 3.83. The van der Waals surface area contributed by atoms with Gasteiger partial charge in [0.1, 0.15) is 12.9 Å². The highest BCUT2D eigenvalue weighted by molar-refractivity contribution is 5.97. The van der Waals surface area contributed by atoms with Crippen LogP contribution in [0.2, 0.25) is 0 Å². The first kappa shape index (κ1) is 10.7. The summed E-state index contributed by atoms with van der Waals surface area (Å²) in [6.07, 6.45) is 8.24. The molecule has 1 aliphatic carbocycles. The maximum absolute atomic E-state index is 10.8. The summed E-state index contributed by atoms with van der Waals surface area (Å²) in [4.78, 5) is 15.4. The summed E-state index contributed by atoms with van der Waals surface area (Å²) in [6, 6.07) is 0. The Morgan fingerprint density at radius 2 is 2.36 bits per heavy atom. The molecule has 0 unspecified atom stereocenters. The van der Waals surface area contributed by atoms with E-state index in [1.165, 1.54) is 12.7 Å². The number of Topliss-reactive ketones (excluding diaryl/α,β-unsaturated/α-hetero) is 1. The molecule has 0 amide bonds. The van der Waals surface area contributed by atoms with Crippen molar-refractivity contribution in [2.45, 2.75) is 26.2 Å². The van der Waals surface area contributed by atoms with Crippen molar-refractivity contribution in [2.75, 3.05) is 7.11 Å². The molecule has 0 aromatic rings. The molecule has 0 N–H and O–H groups in total. The van der Waals surface area contributed by atoms with E-state index in [1.54, 1.807) is 6.92 Å². The van der Waals surface area contributed by atoms with Crippen molar-refractivity contribution in [3.63, 3.8) is 0 Å². The topological polar surface area (TPSA) is 38.7 Å². The third-order valence-corrected chi connectivity index (χ3v) is 2.04. The second-order valence-electron chi connectivity index (χ2n) is 3.28. The number of oxime groups is 1. The molecule has 0 aromatic heterocycles. The van der Waals surface area contributed by atoms with Crippen LogP contribution in [0.5, 0.6) is 0 Å². The standard InChI is InChI=1S/C11H15NO2/c1-9(13)3-4-10-5-7-11(8-6-10)12-14-2/h5-7H,3-4,8H2,1-2H3. The van der Waals surface area contributed by atoms with E-state index < -0.39 is 0 Å². The van der Waals surface area contributed by atoms with Crippen LogP contribution in [-0.2, 0) is 9.63 Å². The van der Waals surface area contributed by atoms with Gasteiger partial charge in [-0.15, -0.1) is 0 Å². The van der Waals surface area contributed by atoms with Crippen LogP contribution < -0.4 is 0 Å². The van der Waals surface area contributed by atoms with E-state index in [4.69, 9.17) is 0 Å². The lowest BCUT2D eigenvalue weighted by molar-refractivity contribution is -0.116. The number of ketones is 1. The van der Waals surface area contributed by atoms with E-state index in [9.17, 15) is 4.79 Å². The third-order valence-electron chi connectivity index (χ3n) is 2.04. The Labute approximate surface area is 84.1 Å². The van der Waals surface area contributed by atoms with Gasteiger partial charge in [-0.2, -0.15) is 0 Å². The van der Waals surface area contributed by atoms with E-state index in [2.05, 4.69) is 16.1 Å². The summed E-state index contributed by atoms with van der Waals surface area (Å²) < 4.78 is 0. The van der Waals surface area contributed by atoms with E-state index in [0.29, 0.717) is 6.42 Å². The van der Waals surface area contributed by atoms with Crippen molar-refractivity contribution in [1.29, 1.82) is 0 Å². The molecule has 76 valence electrons. The van der Waals surface area contributed by atoms with Gasteiger partial charge in [0, 0.05) is 12.8 Å². The van der Waals surface area contributed by atoms with Gasteiger partial charge in [0.15, 0.2) is 0 Å². The van der Waals surface area contributed by atoms with Gasteiger partial charge >= 0.3 is 0 Å². The van der Waals surface area contributed by atoms with Gasteiger partial charge in [-0.05, 0) is 19.4 Å². The van der Waals surface area contributed by atoms with E-state index in [1.807, 2.05) is 12.2 Å². The molecule has 3 nitrogen and oxygen atoms in total. The first-order valence-corrected chi connectivity index (χ1v) is 4.69. The van der Waals surface area contributed by atoms with Crippen LogP contribution in [-0.4, -0.2) is 18.6 Å². The molecule has 0 bridgehead atoms. The fraction of sp³-hybridized carbons (Fsp3) is 0.455. The molecule has 0 aliphatic heterocycles. The molecule has 0 saturated heterocycles. The molecule has 1 aliphatic rings. The summed E-state index contributed by atoms with van der Waals surface area (Å²) in [6.45, 7) is 1.62. The highest BCUT2D eigenvalue weighted by Crippen LogP contribution is 2.14. The lowest BCUT2D eigenvalue weighted by Gasteiger charge is -2.06. The Hall–Kier alpha value is -1.38. The molecule has 0 radical (unpaired) electrons. The largest absolute Gasteiger partial charge is 0.399 e. The highest BCUT2D eigenvalue weighted by Gasteiger charge is 2.03. The molecular weight excluding hydrogens is 178 g/mol. The molecule has 3 heteroatoms. The molecule has 0 saturated carbocycles. The van der Waals surface area contributed by atoms with Crippen molar-refractivity contribution in [3.05, 3.63) is 23.8 Å². The maximum atomic E-state index is 10.8. The molecule has 0 heterocycles. The van der Waals surface area contributed by atoms with Crippen LogP contribution in [0.15, 0.2) is 29.0 Å². The molecule has 1 rings (SSSR count). The molecule has 0 fully saturated rings. The summed E-state index contributed by atoms with van der Waals surface area (Å²) in [5.41, 5.74) is 2.12. The fourth-order valence-corrected chi connectivity index (χ4v) is 1.27. The van der Waals surface area contributed by atoms with Gasteiger partial charge in [-0.25, -0.2) is 0 Å². The van der Waals surface area contributed by atoms with Crippen LogP contribution in [0, 0.1) is 0 Å². The van der Waals surface area contributed by atoms with E-state index >= 15 is 0 Å². The number of carbonyl (C=O) groups excluding carboxylic acids is 1. The zero-order chi connectivity index (χ0) is 10.4. The predicted molar refractivity (Wildman–Crippen MR) is 56.2 cm³/mol. The Kier molecular flexibility index (Phi) is 4.11. The molecule has 0 spiro atoms. The lowest BCUT2D eigenvalue weighted by atomic mass is 10.0. The Bertz CT molecular complexity index is 300. The minimum Gasteiger partial charge on any atom is -0.399 e. The zero-order valence-corrected chi connectivity index (χ0v) is 8.62. The Balaban J connectivity index is 2.43. The number of hydrogen-bond donors (Lipinski definition) is 0. The van der Waals surface area contributed by atoms with Gasteiger partial charge in [-0.3, -0.25) is 0 Å². The quantitative estimate of drug-likeness (QED) is 0.642. The third kappa shape index (κ3) is 3.56. The highest BCUT2D eigenvalue weighted by atomic mass is 16.6. The summed E-state index contributed by atoms with van der Waals surface area (Å²) in [7, 11) is 1.54. The number of rotatable bonds is 4. The SMILES string of the molecule is CON=C1C=CC(CCC(C)=O)=CC1. The van der Waals surface area contributed by atoms with Crippen molar-refractivity contribution in [2.24, 2.45) is 5.16 Å². The van der Waals surface area contributed by atoms with Crippen LogP contribution in [0.25, 0.3) is 0 Å². The second kappa shape index (κ2) is 5.37. The fourth-order valence-electron chi connectivity index (χ4n) is 1.27. The van der Waals surface area contributed by atoms with Gasteiger partial charge in [0.05, 0.1) is 5.71 Å². The second-order valence-corrected chi connectivity index (χ2v) is 3.28. The Morgan fingerprint density at radius 3 is 2.86 bits per heavy atom. The zero-order valence-electron chi connectivity index (χ0n) is 8.62. The van der Waals surface area contributed by atoms with Gasteiger partial charge in [0.25, 0.3) is 0 Å². The van der Waals surface area contributed by atoms with Gasteiger partial charge in [-0.1, -0.05) is 22.9 Å². The summed E-state index contributed by atoms with van der Waals surface area (Å²) >= 11 is 0. The Morgan fingerprint density at radius 1 is 1.57 bits per heavy atom. The van der Waals surface area contributed by atoms with Gasteiger partial charge < -0.3 is 9.63 Å². The van der Waals surface area contributed by atoms with Crippen LogP contribution in [0.1, 0.15) is 26.2 Å².